The third-order valence-electron chi connectivity index (χ3n) is 8.07. The molecule has 0 saturated carbocycles. The Morgan fingerprint density at radius 3 is 1.30 bits per heavy atom. The highest BCUT2D eigenvalue weighted by Gasteiger charge is 2.51. The minimum atomic E-state index is -2.11. The van der Waals surface area contributed by atoms with Gasteiger partial charge in [0.15, 0.2) is 0 Å². The van der Waals surface area contributed by atoms with Crippen molar-refractivity contribution < 1.29 is 18.2 Å². The van der Waals surface area contributed by atoms with Crippen molar-refractivity contribution in [2.24, 2.45) is 0 Å². The van der Waals surface area contributed by atoms with Crippen LogP contribution in [-0.4, -0.2) is 48.2 Å². The maximum absolute atomic E-state index is 6.26. The fourth-order valence-electron chi connectivity index (χ4n) is 5.20. The molecule has 1 aliphatic rings. The second kappa shape index (κ2) is 17.8. The molecule has 4 nitrogen and oxygen atoms in total. The lowest BCUT2D eigenvalue weighted by Gasteiger charge is -2.32. The van der Waals surface area contributed by atoms with Crippen LogP contribution in [0.25, 0.3) is 0 Å². The largest absolute Gasteiger partial charge is 0.494 e. The summed E-state index contributed by atoms with van der Waals surface area (Å²) < 4.78 is 25.9. The number of hydrogen-bond acceptors (Lipinski definition) is 4. The lowest BCUT2D eigenvalue weighted by Crippen LogP contribution is -2.50. The van der Waals surface area contributed by atoms with Gasteiger partial charge in [0.1, 0.15) is 0 Å². The van der Waals surface area contributed by atoms with E-state index in [1.165, 1.54) is 13.9 Å². The SMILES string of the molecule is C.C=CC[Si](CC=C)(OCC)c1ccc(B2OC(C)(C)C(C)(C)O2)cc1.C=CC[Si](CC=C)(OCC)c1ccc(I)cc1. The Morgan fingerprint density at radius 1 is 0.674 bits per heavy atom. The van der Waals surface area contributed by atoms with Crippen LogP contribution in [0.1, 0.15) is 49.0 Å². The van der Waals surface area contributed by atoms with Crippen LogP contribution in [0.15, 0.2) is 99.2 Å². The molecule has 0 unspecified atom stereocenters. The molecule has 3 rings (SSSR count). The molecular weight excluding hydrogens is 678 g/mol. The third kappa shape index (κ3) is 9.98. The molecular formula is C35H54BIO4Si2. The Balaban J connectivity index is 0.000000451. The molecule has 0 radical (unpaired) electrons. The smallest absolute Gasteiger partial charge is 0.412 e. The fraction of sp³-hybridized carbons (Fsp3) is 0.429. The number of halogens is 1. The fourth-order valence-corrected chi connectivity index (χ4v) is 12.2. The van der Waals surface area contributed by atoms with Crippen LogP contribution in [0.3, 0.4) is 0 Å². The maximum atomic E-state index is 6.26. The minimum Gasteiger partial charge on any atom is -0.412 e. The minimum absolute atomic E-state index is 0. The van der Waals surface area contributed by atoms with Gasteiger partial charge >= 0.3 is 7.12 Å². The molecule has 43 heavy (non-hydrogen) atoms. The molecule has 0 aromatic heterocycles. The molecule has 1 fully saturated rings. The summed E-state index contributed by atoms with van der Waals surface area (Å²) in [6.07, 6.45) is 7.88. The lowest BCUT2D eigenvalue weighted by atomic mass is 9.79. The quantitative estimate of drug-likeness (QED) is 0.106. The standard InChI is InChI=1S/C20H31BO3Si.C14H19IOSi.CH4/c1-8-15-25(16-9-2,22-10-3)18-13-11-17(12-14-18)21-23-19(4,5)20(6,7)24-21;1-4-11-17(12-5-2,16-6-3)14-9-7-13(15)8-10-14;/h8-9,11-14H,1-2,10,15-16H2,3-7H3;4-5,7-10H,1-2,6,11-12H2,3H3;1H4. The van der Waals surface area contributed by atoms with Crippen molar-refractivity contribution in [2.75, 3.05) is 13.2 Å². The molecule has 0 atom stereocenters. The topological polar surface area (TPSA) is 36.9 Å². The molecule has 0 aliphatic carbocycles. The molecule has 0 bridgehead atoms. The Morgan fingerprint density at radius 2 is 1.00 bits per heavy atom. The highest BCUT2D eigenvalue weighted by molar-refractivity contribution is 14.1. The van der Waals surface area contributed by atoms with Gasteiger partial charge < -0.3 is 18.2 Å². The molecule has 1 heterocycles. The lowest BCUT2D eigenvalue weighted by molar-refractivity contribution is 0.00578. The van der Waals surface area contributed by atoms with Gasteiger partial charge in [0.2, 0.25) is 16.6 Å². The molecule has 0 N–H and O–H groups in total. The zero-order chi connectivity index (χ0) is 31.4. The monoisotopic (exact) mass is 732 g/mol. The van der Waals surface area contributed by atoms with E-state index < -0.39 is 16.6 Å². The van der Waals surface area contributed by atoms with Crippen molar-refractivity contribution in [3.8, 4) is 0 Å². The number of hydrogen-bond donors (Lipinski definition) is 0. The number of allylic oxidation sites excluding steroid dienone is 4. The van der Waals surface area contributed by atoms with E-state index in [2.05, 4.69) is 132 Å². The van der Waals surface area contributed by atoms with Crippen LogP contribution in [0.4, 0.5) is 0 Å². The normalized spacial score (nSPS) is 15.5. The van der Waals surface area contributed by atoms with Gasteiger partial charge in [-0.3, -0.25) is 0 Å². The van der Waals surface area contributed by atoms with Crippen molar-refractivity contribution >= 4 is 62.2 Å². The average molecular weight is 733 g/mol. The van der Waals surface area contributed by atoms with E-state index in [-0.39, 0.29) is 25.7 Å². The summed E-state index contributed by atoms with van der Waals surface area (Å²) in [5, 5.41) is 2.59. The first-order valence-corrected chi connectivity index (χ1v) is 20.6. The summed E-state index contributed by atoms with van der Waals surface area (Å²) in [5.74, 6) is 0. The van der Waals surface area contributed by atoms with Gasteiger partial charge in [0.25, 0.3) is 0 Å². The average Bonchev–Trinajstić information content (AvgIpc) is 3.16. The summed E-state index contributed by atoms with van der Waals surface area (Å²) in [4.78, 5) is 0. The van der Waals surface area contributed by atoms with E-state index in [4.69, 9.17) is 18.2 Å². The van der Waals surface area contributed by atoms with Crippen molar-refractivity contribution in [2.45, 2.75) is 84.3 Å². The number of benzene rings is 2. The van der Waals surface area contributed by atoms with Gasteiger partial charge in [-0.05, 0) is 116 Å². The summed E-state index contributed by atoms with van der Waals surface area (Å²) >= 11 is 2.32. The Labute approximate surface area is 279 Å². The summed E-state index contributed by atoms with van der Waals surface area (Å²) in [6, 6.07) is 20.8. The Hall–Kier alpha value is -1.53. The molecule has 1 aliphatic heterocycles. The summed E-state index contributed by atoms with van der Waals surface area (Å²) in [7, 11) is -4.37. The predicted molar refractivity (Wildman–Crippen MR) is 202 cm³/mol. The van der Waals surface area contributed by atoms with E-state index in [9.17, 15) is 0 Å². The van der Waals surface area contributed by atoms with Gasteiger partial charge in [-0.25, -0.2) is 0 Å². The highest BCUT2D eigenvalue weighted by Crippen LogP contribution is 2.36. The van der Waals surface area contributed by atoms with Crippen LogP contribution in [-0.2, 0) is 18.2 Å². The predicted octanol–water partition coefficient (Wildman–Crippen LogP) is 8.04. The van der Waals surface area contributed by atoms with E-state index in [0.29, 0.717) is 6.61 Å². The second-order valence-electron chi connectivity index (χ2n) is 11.5. The molecule has 1 saturated heterocycles. The first-order chi connectivity index (χ1) is 19.9. The second-order valence-corrected chi connectivity index (χ2v) is 20.1. The van der Waals surface area contributed by atoms with Crippen molar-refractivity contribution in [3.05, 3.63) is 103 Å². The first kappa shape index (κ1) is 39.5. The summed E-state index contributed by atoms with van der Waals surface area (Å²) in [6.45, 7) is 29.4. The molecule has 8 heteroatoms. The molecule has 0 spiro atoms. The van der Waals surface area contributed by atoms with Crippen LogP contribution >= 0.6 is 22.6 Å². The van der Waals surface area contributed by atoms with Crippen LogP contribution in [0.2, 0.25) is 24.2 Å². The maximum Gasteiger partial charge on any atom is 0.494 e. The first-order valence-electron chi connectivity index (χ1n) is 14.8. The van der Waals surface area contributed by atoms with E-state index in [1.807, 2.05) is 31.2 Å². The van der Waals surface area contributed by atoms with E-state index in [0.717, 1.165) is 36.2 Å². The van der Waals surface area contributed by atoms with Crippen LogP contribution in [0.5, 0.6) is 0 Å². The third-order valence-corrected chi connectivity index (χ3v) is 17.0. The van der Waals surface area contributed by atoms with Gasteiger partial charge in [0, 0.05) is 16.8 Å². The molecule has 2 aromatic rings. The van der Waals surface area contributed by atoms with E-state index >= 15 is 0 Å². The van der Waals surface area contributed by atoms with Crippen LogP contribution < -0.4 is 15.8 Å². The van der Waals surface area contributed by atoms with E-state index in [1.54, 1.807) is 0 Å². The molecule has 2 aromatic carbocycles. The van der Waals surface area contributed by atoms with Gasteiger partial charge in [-0.15, -0.1) is 26.3 Å². The molecule has 236 valence electrons. The Kier molecular flexibility index (Phi) is 16.4. The van der Waals surface area contributed by atoms with Gasteiger partial charge in [-0.2, -0.15) is 0 Å². The van der Waals surface area contributed by atoms with Crippen molar-refractivity contribution in [1.82, 2.24) is 0 Å². The van der Waals surface area contributed by atoms with Crippen molar-refractivity contribution in [3.63, 3.8) is 0 Å². The van der Waals surface area contributed by atoms with Crippen LogP contribution in [0, 0.1) is 3.57 Å². The molecule has 0 amide bonds. The zero-order valence-corrected chi connectivity index (χ0v) is 30.7. The zero-order valence-electron chi connectivity index (χ0n) is 26.6. The van der Waals surface area contributed by atoms with Crippen molar-refractivity contribution in [1.29, 1.82) is 0 Å². The Bertz CT molecular complexity index is 1130. The highest BCUT2D eigenvalue weighted by atomic mass is 127. The van der Waals surface area contributed by atoms with Gasteiger partial charge in [-0.1, -0.05) is 68.1 Å². The van der Waals surface area contributed by atoms with Gasteiger partial charge in [0.05, 0.1) is 11.2 Å². The summed E-state index contributed by atoms with van der Waals surface area (Å²) in [5.41, 5.74) is 0.386. The number of rotatable bonds is 15.